The molecule has 0 unspecified atom stereocenters. The Labute approximate surface area is 112 Å². The van der Waals surface area contributed by atoms with Crippen LogP contribution in [0, 0.1) is 17.8 Å². The highest BCUT2D eigenvalue weighted by Gasteiger charge is 2.52. The molecule has 0 radical (unpaired) electrons. The summed E-state index contributed by atoms with van der Waals surface area (Å²) >= 11 is 0. The van der Waals surface area contributed by atoms with E-state index in [4.69, 9.17) is 0 Å². The summed E-state index contributed by atoms with van der Waals surface area (Å²) in [7, 11) is 0. The van der Waals surface area contributed by atoms with E-state index in [0.717, 1.165) is 42.6 Å². The van der Waals surface area contributed by atoms with E-state index in [2.05, 4.69) is 0 Å². The second kappa shape index (κ2) is 3.59. The second-order valence-corrected chi connectivity index (χ2v) is 7.06. The van der Waals surface area contributed by atoms with Crippen molar-refractivity contribution < 1.29 is 15.3 Å². The molecule has 0 spiro atoms. The van der Waals surface area contributed by atoms with Gasteiger partial charge < -0.3 is 15.3 Å². The first kappa shape index (κ1) is 11.4. The molecule has 4 aliphatic carbocycles. The fourth-order valence-electron chi connectivity index (χ4n) is 5.45. The molecule has 5 rings (SSSR count). The molecule has 102 valence electrons. The van der Waals surface area contributed by atoms with Crippen molar-refractivity contribution in [2.24, 2.45) is 17.8 Å². The number of aromatic hydroxyl groups is 3. The summed E-state index contributed by atoms with van der Waals surface area (Å²) in [6.07, 6.45) is 7.33. The lowest BCUT2D eigenvalue weighted by atomic mass is 9.48. The van der Waals surface area contributed by atoms with Crippen LogP contribution in [0.3, 0.4) is 0 Å². The lowest BCUT2D eigenvalue weighted by Crippen LogP contribution is -2.48. The Balaban J connectivity index is 1.84. The molecule has 4 saturated carbocycles. The molecule has 0 saturated heterocycles. The zero-order chi connectivity index (χ0) is 13.2. The molecule has 3 nitrogen and oxygen atoms in total. The summed E-state index contributed by atoms with van der Waals surface area (Å²) in [6, 6.07) is 2.89. The average Bonchev–Trinajstić information content (AvgIpc) is 2.32. The van der Waals surface area contributed by atoms with E-state index in [1.54, 1.807) is 6.07 Å². The molecular weight excluding hydrogens is 240 g/mol. The van der Waals surface area contributed by atoms with Gasteiger partial charge in [-0.05, 0) is 62.3 Å². The van der Waals surface area contributed by atoms with Gasteiger partial charge in [-0.1, -0.05) is 0 Å². The molecule has 19 heavy (non-hydrogen) atoms. The molecule has 3 heteroatoms. The van der Waals surface area contributed by atoms with Crippen molar-refractivity contribution >= 4 is 0 Å². The van der Waals surface area contributed by atoms with Gasteiger partial charge in [-0.2, -0.15) is 0 Å². The van der Waals surface area contributed by atoms with Crippen LogP contribution in [0.4, 0.5) is 0 Å². The third kappa shape index (κ3) is 1.57. The predicted molar refractivity (Wildman–Crippen MR) is 71.3 cm³/mol. The van der Waals surface area contributed by atoms with Gasteiger partial charge in [0.1, 0.15) is 5.75 Å². The van der Waals surface area contributed by atoms with Crippen LogP contribution in [0.1, 0.15) is 44.1 Å². The van der Waals surface area contributed by atoms with Gasteiger partial charge in [-0.3, -0.25) is 0 Å². The number of benzene rings is 1. The first-order valence-corrected chi connectivity index (χ1v) is 7.31. The Hall–Kier alpha value is -1.38. The van der Waals surface area contributed by atoms with E-state index in [0.29, 0.717) is 0 Å². The van der Waals surface area contributed by atoms with E-state index in [9.17, 15) is 15.3 Å². The molecule has 0 heterocycles. The Kier molecular flexibility index (Phi) is 2.16. The molecule has 3 N–H and O–H groups in total. The van der Waals surface area contributed by atoms with Gasteiger partial charge in [0.2, 0.25) is 0 Å². The number of hydrogen-bond donors (Lipinski definition) is 3. The molecule has 0 aromatic heterocycles. The molecular formula is C16H20O3. The Morgan fingerprint density at radius 3 is 1.89 bits per heavy atom. The van der Waals surface area contributed by atoms with Crippen molar-refractivity contribution in [2.75, 3.05) is 0 Å². The molecule has 0 amide bonds. The molecule has 4 fully saturated rings. The minimum absolute atomic E-state index is 0.00491. The van der Waals surface area contributed by atoms with Crippen LogP contribution in [0.5, 0.6) is 17.2 Å². The van der Waals surface area contributed by atoms with Gasteiger partial charge in [0.25, 0.3) is 0 Å². The lowest BCUT2D eigenvalue weighted by molar-refractivity contribution is -0.00636. The maximum absolute atomic E-state index is 10.2. The molecule has 1 aromatic carbocycles. The van der Waals surface area contributed by atoms with Crippen LogP contribution in [-0.4, -0.2) is 15.3 Å². The largest absolute Gasteiger partial charge is 0.508 e. The van der Waals surface area contributed by atoms with Crippen LogP contribution in [-0.2, 0) is 5.41 Å². The summed E-state index contributed by atoms with van der Waals surface area (Å²) in [4.78, 5) is 0. The monoisotopic (exact) mass is 260 g/mol. The van der Waals surface area contributed by atoms with Crippen molar-refractivity contribution in [3.8, 4) is 17.2 Å². The van der Waals surface area contributed by atoms with Gasteiger partial charge in [0.15, 0.2) is 11.5 Å². The zero-order valence-electron chi connectivity index (χ0n) is 11.0. The summed E-state index contributed by atoms with van der Waals surface area (Å²) in [5.74, 6) is 2.17. The first-order valence-electron chi connectivity index (χ1n) is 7.31. The van der Waals surface area contributed by atoms with Crippen LogP contribution in [0.15, 0.2) is 12.1 Å². The van der Waals surface area contributed by atoms with Crippen LogP contribution in [0.2, 0.25) is 0 Å². The van der Waals surface area contributed by atoms with Gasteiger partial charge in [-0.15, -0.1) is 0 Å². The predicted octanol–water partition coefficient (Wildman–Crippen LogP) is 3.27. The van der Waals surface area contributed by atoms with E-state index in [-0.39, 0.29) is 22.7 Å². The van der Waals surface area contributed by atoms with Gasteiger partial charge in [0, 0.05) is 17.0 Å². The van der Waals surface area contributed by atoms with Gasteiger partial charge >= 0.3 is 0 Å². The van der Waals surface area contributed by atoms with E-state index >= 15 is 0 Å². The summed E-state index contributed by atoms with van der Waals surface area (Å²) in [5, 5.41) is 29.7. The highest BCUT2D eigenvalue weighted by atomic mass is 16.3. The number of hydrogen-bond acceptors (Lipinski definition) is 3. The average molecular weight is 260 g/mol. The number of phenolic OH excluding ortho intramolecular Hbond substituents is 3. The Morgan fingerprint density at radius 1 is 0.842 bits per heavy atom. The highest BCUT2D eigenvalue weighted by Crippen LogP contribution is 2.62. The van der Waals surface area contributed by atoms with E-state index < -0.39 is 0 Å². The SMILES string of the molecule is Oc1cc(O)c(O)c(C23CC4CC(CC(C4)C2)C3)c1. The highest BCUT2D eigenvalue weighted by molar-refractivity contribution is 5.53. The normalized spacial score (nSPS) is 39.7. The fourth-order valence-corrected chi connectivity index (χ4v) is 5.45. The van der Waals surface area contributed by atoms with E-state index in [1.807, 2.05) is 0 Å². The molecule has 4 aliphatic rings. The fraction of sp³-hybridized carbons (Fsp3) is 0.625. The minimum Gasteiger partial charge on any atom is -0.508 e. The molecule has 4 bridgehead atoms. The summed E-state index contributed by atoms with van der Waals surface area (Å²) in [5.41, 5.74) is 0.777. The zero-order valence-corrected chi connectivity index (χ0v) is 11.0. The van der Waals surface area contributed by atoms with Crippen LogP contribution < -0.4 is 0 Å². The van der Waals surface area contributed by atoms with Crippen molar-refractivity contribution in [3.63, 3.8) is 0 Å². The quantitative estimate of drug-likeness (QED) is 0.536. The smallest absolute Gasteiger partial charge is 0.161 e. The van der Waals surface area contributed by atoms with Crippen molar-refractivity contribution in [1.82, 2.24) is 0 Å². The second-order valence-electron chi connectivity index (χ2n) is 7.06. The lowest BCUT2D eigenvalue weighted by Gasteiger charge is -2.57. The summed E-state index contributed by atoms with van der Waals surface area (Å²) < 4.78 is 0. The maximum atomic E-state index is 10.2. The number of rotatable bonds is 1. The maximum Gasteiger partial charge on any atom is 0.161 e. The van der Waals surface area contributed by atoms with Crippen molar-refractivity contribution in [3.05, 3.63) is 17.7 Å². The van der Waals surface area contributed by atoms with E-state index in [1.165, 1.54) is 25.3 Å². The van der Waals surface area contributed by atoms with Crippen molar-refractivity contribution in [1.29, 1.82) is 0 Å². The Bertz CT molecular complexity index is 500. The molecule has 0 aliphatic heterocycles. The van der Waals surface area contributed by atoms with Crippen LogP contribution in [0.25, 0.3) is 0 Å². The first-order chi connectivity index (χ1) is 9.06. The van der Waals surface area contributed by atoms with Crippen molar-refractivity contribution in [2.45, 2.75) is 43.9 Å². The topological polar surface area (TPSA) is 60.7 Å². The number of phenols is 3. The third-order valence-corrected chi connectivity index (χ3v) is 5.68. The van der Waals surface area contributed by atoms with Crippen LogP contribution >= 0.6 is 0 Å². The minimum atomic E-state index is -0.189. The van der Waals surface area contributed by atoms with Gasteiger partial charge in [-0.25, -0.2) is 0 Å². The van der Waals surface area contributed by atoms with Gasteiger partial charge in [0.05, 0.1) is 0 Å². The summed E-state index contributed by atoms with van der Waals surface area (Å²) in [6.45, 7) is 0. The standard InChI is InChI=1S/C16H20O3/c17-12-4-13(15(19)14(18)5-12)16-6-9-1-10(7-16)3-11(2-9)8-16/h4-5,9-11,17-19H,1-3,6-8H2. The molecule has 0 atom stereocenters. The molecule has 1 aromatic rings. The third-order valence-electron chi connectivity index (χ3n) is 5.68. The Morgan fingerprint density at radius 2 is 1.37 bits per heavy atom.